The van der Waals surface area contributed by atoms with Crippen molar-refractivity contribution in [3.8, 4) is 17.2 Å². The number of fused-ring (bicyclic) bond motifs is 3. The summed E-state index contributed by atoms with van der Waals surface area (Å²) in [5, 5.41) is -8.55. The van der Waals surface area contributed by atoms with Gasteiger partial charge < -0.3 is 14.0 Å². The van der Waals surface area contributed by atoms with E-state index in [1.807, 2.05) is 0 Å². The van der Waals surface area contributed by atoms with Crippen molar-refractivity contribution in [1.82, 2.24) is 0 Å². The summed E-state index contributed by atoms with van der Waals surface area (Å²) in [5.74, 6) is -39.1. The fraction of sp³-hybridized carbons (Fsp3) is 0. The molecule has 0 bridgehead atoms. The Morgan fingerprint density at radius 2 is 0.531 bits per heavy atom. The number of rotatable bonds is 6. The molecule has 0 saturated carbocycles. The average molecular weight is 710 g/mol. The maximum absolute atomic E-state index is 15.1. The number of benzene rings is 6. The number of hydrogen-bond donors (Lipinski definition) is 0. The second-order valence-corrected chi connectivity index (χ2v) is 9.81. The fourth-order valence-corrected chi connectivity index (χ4v) is 4.84. The van der Waals surface area contributed by atoms with Crippen molar-refractivity contribution in [2.45, 2.75) is 0 Å². The van der Waals surface area contributed by atoms with Crippen LogP contribution in [-0.2, 0) is 0 Å². The molecule has 3 nitrogen and oxygen atoms in total. The summed E-state index contributed by atoms with van der Waals surface area (Å²) < 4.78 is 233. The van der Waals surface area contributed by atoms with Crippen LogP contribution in [0.4, 0.5) is 65.9 Å². The summed E-state index contributed by atoms with van der Waals surface area (Å²) in [6.07, 6.45) is 0. The van der Waals surface area contributed by atoms with Crippen molar-refractivity contribution < 1.29 is 79.8 Å². The molecule has 6 aromatic rings. The highest BCUT2D eigenvalue weighted by Gasteiger charge is 2.40. The van der Waals surface area contributed by atoms with E-state index in [1.54, 1.807) is 0 Å². The summed E-state index contributed by atoms with van der Waals surface area (Å²) in [5.41, 5.74) is 0. The molecule has 49 heavy (non-hydrogen) atoms. The molecule has 0 aliphatic rings. The van der Waals surface area contributed by atoms with Crippen molar-refractivity contribution in [3.05, 3.63) is 124 Å². The van der Waals surface area contributed by atoms with Gasteiger partial charge in [0.2, 0.25) is 17.5 Å². The first-order valence-corrected chi connectivity index (χ1v) is 12.9. The van der Waals surface area contributed by atoms with Gasteiger partial charge in [0.15, 0.2) is 87.1 Å². The van der Waals surface area contributed by atoms with Crippen molar-refractivity contribution in [2.24, 2.45) is 0 Å². The van der Waals surface area contributed by atoms with Gasteiger partial charge in [-0.15, -0.1) is 0 Å². The molecule has 6 aromatic carbocycles. The Labute approximate surface area is 260 Å². The minimum absolute atomic E-state index is 0.234. The topological polar surface area (TPSA) is 27.7 Å². The molecule has 6 rings (SSSR count). The molecule has 0 spiro atoms. The number of halogens is 15. The van der Waals surface area contributed by atoms with Crippen LogP contribution < -0.4 is 14.0 Å². The minimum Gasteiger partial charge on any atom is -0.486 e. The molecule has 19 heteroatoms. The van der Waals surface area contributed by atoms with E-state index in [0.717, 1.165) is 0 Å². The van der Waals surface area contributed by atoms with Crippen LogP contribution in [0.15, 0.2) is 36.4 Å². The van der Waals surface area contributed by atoms with E-state index in [1.165, 1.54) is 0 Å². The van der Waals surface area contributed by atoms with Gasteiger partial charge in [0.1, 0.15) is 0 Å². The summed E-state index contributed by atoms with van der Waals surface area (Å²) >= 11 is 0. The second-order valence-electron chi connectivity index (χ2n) is 9.81. The normalized spacial score (nSPS) is 11.6. The molecular weight excluding hydrogens is 704 g/mol. The largest absolute Gasteiger partial charge is 0.864 e. The van der Waals surface area contributed by atoms with E-state index in [2.05, 4.69) is 0 Å². The van der Waals surface area contributed by atoms with Crippen LogP contribution in [0, 0.1) is 87.3 Å². The van der Waals surface area contributed by atoms with Gasteiger partial charge in [-0.25, -0.2) is 52.7 Å². The van der Waals surface area contributed by atoms with E-state index in [-0.39, 0.29) is 18.2 Å². The van der Waals surface area contributed by atoms with E-state index < -0.39 is 144 Å². The highest BCUT2D eigenvalue weighted by atomic mass is 19.2. The van der Waals surface area contributed by atoms with Gasteiger partial charge in [-0.3, -0.25) is 0 Å². The van der Waals surface area contributed by atoms with Crippen LogP contribution in [0.25, 0.3) is 32.3 Å². The van der Waals surface area contributed by atoms with Gasteiger partial charge in [-0.1, -0.05) is 0 Å². The van der Waals surface area contributed by atoms with Crippen molar-refractivity contribution >= 4 is 39.6 Å². The first kappa shape index (κ1) is 33.4. The minimum atomic E-state index is -3.30. The molecule has 0 saturated heterocycles. The SMILES string of the molecule is Fc1ccc2c(OB(Oc3c(F)c(F)c(F)c4c(F)c(F)ccc34)Oc3c(F)c(F)c(F)c4c(F)c(F)ccc34)c(F)c(F)c(F)c2c1F. The van der Waals surface area contributed by atoms with Crippen molar-refractivity contribution in [1.29, 1.82) is 0 Å². The molecule has 252 valence electrons. The highest BCUT2D eigenvalue weighted by Crippen LogP contribution is 2.41. The van der Waals surface area contributed by atoms with Gasteiger partial charge in [0.05, 0.1) is 16.2 Å². The molecule has 0 aliphatic carbocycles. The van der Waals surface area contributed by atoms with E-state index in [9.17, 15) is 52.7 Å². The molecule has 0 heterocycles. The van der Waals surface area contributed by atoms with Crippen LogP contribution in [0.1, 0.15) is 0 Å². The molecule has 0 radical (unpaired) electrons. The second kappa shape index (κ2) is 11.9. The quantitative estimate of drug-likeness (QED) is 0.0980. The van der Waals surface area contributed by atoms with Gasteiger partial charge in [0, 0.05) is 16.2 Å². The Hall–Kier alpha value is -5.49. The lowest BCUT2D eigenvalue weighted by Gasteiger charge is -2.21. The predicted molar refractivity (Wildman–Crippen MR) is 139 cm³/mol. The Bertz CT molecular complexity index is 2140. The molecule has 0 fully saturated rings. The Morgan fingerprint density at radius 3 is 0.776 bits per heavy atom. The van der Waals surface area contributed by atoms with Crippen LogP contribution >= 0.6 is 0 Å². The summed E-state index contributed by atoms with van der Waals surface area (Å²) in [4.78, 5) is 0. The molecule has 0 aromatic heterocycles. The van der Waals surface area contributed by atoms with Crippen molar-refractivity contribution in [3.63, 3.8) is 0 Å². The van der Waals surface area contributed by atoms with Gasteiger partial charge in [0.25, 0.3) is 0 Å². The zero-order chi connectivity index (χ0) is 35.8. The molecule has 0 unspecified atom stereocenters. The van der Waals surface area contributed by atoms with Crippen LogP contribution in [0.5, 0.6) is 17.2 Å². The maximum atomic E-state index is 15.1. The Morgan fingerprint density at radius 1 is 0.286 bits per heavy atom. The van der Waals surface area contributed by atoms with Gasteiger partial charge in [-0.05, 0) is 36.4 Å². The summed E-state index contributed by atoms with van der Waals surface area (Å²) in [6, 6.07) is 1.84. The van der Waals surface area contributed by atoms with E-state index in [0.29, 0.717) is 18.2 Å². The molecular formula is C30H6BF15O3. The third-order valence-corrected chi connectivity index (χ3v) is 7.07. The molecule has 0 aliphatic heterocycles. The number of hydrogen-bond acceptors (Lipinski definition) is 3. The van der Waals surface area contributed by atoms with Gasteiger partial charge in [-0.2, -0.15) is 13.2 Å². The lowest BCUT2D eigenvalue weighted by molar-refractivity contribution is 0.283. The van der Waals surface area contributed by atoms with Crippen molar-refractivity contribution in [2.75, 3.05) is 0 Å². The molecule has 0 atom stereocenters. The molecule has 0 amide bonds. The predicted octanol–water partition coefficient (Wildman–Crippen LogP) is 9.75. The van der Waals surface area contributed by atoms with E-state index in [4.69, 9.17) is 14.0 Å². The standard InChI is InChI=1S/C30H6BF15O3/c32-10-4-1-7-13(16(10)35)19(38)22(41)25(44)28(7)47-31(48-29-8-2-5-11(33)17(36)14(8)20(39)23(42)26(29)45)49-30-9-3-6-12(34)18(37)15(9)21(40)24(43)27(30)46/h1-6H. The zero-order valence-electron chi connectivity index (χ0n) is 22.9. The zero-order valence-corrected chi connectivity index (χ0v) is 22.9. The fourth-order valence-electron chi connectivity index (χ4n) is 4.84. The average Bonchev–Trinajstić information content (AvgIpc) is 3.07. The first-order chi connectivity index (χ1) is 23.1. The molecule has 0 N–H and O–H groups in total. The van der Waals surface area contributed by atoms with Crippen LogP contribution in [0.3, 0.4) is 0 Å². The third-order valence-electron chi connectivity index (χ3n) is 7.07. The Kier molecular flexibility index (Phi) is 8.11. The third kappa shape index (κ3) is 5.05. The van der Waals surface area contributed by atoms with Crippen LogP contribution in [-0.4, -0.2) is 7.32 Å². The van der Waals surface area contributed by atoms with Gasteiger partial charge >= 0.3 is 7.32 Å². The lowest BCUT2D eigenvalue weighted by Crippen LogP contribution is -2.38. The maximum Gasteiger partial charge on any atom is 0.864 e. The first-order valence-electron chi connectivity index (χ1n) is 12.9. The smallest absolute Gasteiger partial charge is 0.486 e. The monoisotopic (exact) mass is 710 g/mol. The Balaban J connectivity index is 1.63. The highest BCUT2D eigenvalue weighted by molar-refractivity contribution is 6.40. The lowest BCUT2D eigenvalue weighted by atomic mass is 10.0. The van der Waals surface area contributed by atoms with Crippen LogP contribution in [0.2, 0.25) is 0 Å². The summed E-state index contributed by atoms with van der Waals surface area (Å²) in [7, 11) is -3.30. The van der Waals surface area contributed by atoms with E-state index >= 15 is 13.2 Å². The summed E-state index contributed by atoms with van der Waals surface area (Å²) in [6.45, 7) is 0.